The molecule has 0 heterocycles. The highest BCUT2D eigenvalue weighted by molar-refractivity contribution is 4.80. The summed E-state index contributed by atoms with van der Waals surface area (Å²) in [5, 5.41) is 9.01. The number of hydrogen-bond donors (Lipinski definition) is 2. The van der Waals surface area contributed by atoms with Crippen LogP contribution >= 0.6 is 0 Å². The van der Waals surface area contributed by atoms with Crippen LogP contribution in [0.15, 0.2) is 12.3 Å². The third kappa shape index (κ3) is 5.53. The predicted molar refractivity (Wildman–Crippen MR) is 38.2 cm³/mol. The third-order valence-corrected chi connectivity index (χ3v) is 1.07. The normalized spacial score (nSPS) is 15.2. The molecule has 0 amide bonds. The molecule has 0 fully saturated rings. The molecule has 0 saturated carbocycles. The maximum Gasteiger partial charge on any atom is 0.0923 e. The molecule has 1 unspecified atom stereocenters. The minimum Gasteiger partial charge on any atom is -0.389 e. The van der Waals surface area contributed by atoms with Gasteiger partial charge in [-0.25, -0.2) is 0 Å². The van der Waals surface area contributed by atoms with Gasteiger partial charge in [0, 0.05) is 0 Å². The van der Waals surface area contributed by atoms with E-state index in [1.165, 1.54) is 4.90 Å². The highest BCUT2D eigenvalue weighted by Gasteiger charge is 1.92. The summed E-state index contributed by atoms with van der Waals surface area (Å²) in [5.41, 5.74) is 0. The fourth-order valence-electron chi connectivity index (χ4n) is 0.440. The van der Waals surface area contributed by atoms with E-state index in [-0.39, 0.29) is 6.10 Å². The van der Waals surface area contributed by atoms with Gasteiger partial charge >= 0.3 is 0 Å². The topological polar surface area (TPSA) is 24.7 Å². The van der Waals surface area contributed by atoms with Gasteiger partial charge in [-0.3, -0.25) is 0 Å². The van der Waals surface area contributed by atoms with Crippen molar-refractivity contribution in [3.05, 3.63) is 12.3 Å². The molecule has 0 aliphatic carbocycles. The Kier molecular flexibility index (Phi) is 4.36. The first kappa shape index (κ1) is 8.66. The van der Waals surface area contributed by atoms with Gasteiger partial charge in [0.2, 0.25) is 0 Å². The zero-order valence-electron chi connectivity index (χ0n) is 6.39. The Morgan fingerprint density at radius 1 is 1.56 bits per heavy atom. The number of aliphatic hydroxyl groups is 1. The summed E-state index contributed by atoms with van der Waals surface area (Å²) in [7, 11) is 4.03. The summed E-state index contributed by atoms with van der Waals surface area (Å²) in [5.74, 6) is 0. The summed E-state index contributed by atoms with van der Waals surface area (Å²) in [6.07, 6.45) is 4.28. The number of hydrogen-bond acceptors (Lipinski definition) is 1. The summed E-state index contributed by atoms with van der Waals surface area (Å²) in [6.45, 7) is 1.96. The maximum absolute atomic E-state index is 9.01. The molecule has 1 atom stereocenters. The highest BCUT2D eigenvalue weighted by Crippen LogP contribution is 1.87. The van der Waals surface area contributed by atoms with Crippen LogP contribution in [-0.2, 0) is 0 Å². The van der Waals surface area contributed by atoms with Gasteiger partial charge in [-0.15, -0.1) is 0 Å². The van der Waals surface area contributed by atoms with Crippen LogP contribution in [0.3, 0.4) is 0 Å². The van der Waals surface area contributed by atoms with E-state index < -0.39 is 0 Å². The second-order valence-corrected chi connectivity index (χ2v) is 2.41. The zero-order chi connectivity index (χ0) is 7.28. The summed E-state index contributed by atoms with van der Waals surface area (Å²) in [4.78, 5) is 1.22. The van der Waals surface area contributed by atoms with E-state index in [0.29, 0.717) is 0 Å². The van der Waals surface area contributed by atoms with Crippen LogP contribution in [0.2, 0.25) is 0 Å². The summed E-state index contributed by atoms with van der Waals surface area (Å²) < 4.78 is 0. The van der Waals surface area contributed by atoms with Gasteiger partial charge in [-0.05, 0) is 12.5 Å². The molecule has 0 aromatic rings. The molecule has 54 valence electrons. The Hall–Kier alpha value is -0.340. The lowest BCUT2D eigenvalue weighted by Gasteiger charge is -2.00. The van der Waals surface area contributed by atoms with Gasteiger partial charge in [0.25, 0.3) is 0 Å². The van der Waals surface area contributed by atoms with E-state index in [9.17, 15) is 0 Å². The molecule has 2 N–H and O–H groups in total. The molecule has 0 radical (unpaired) electrons. The fraction of sp³-hybridized carbons (Fsp3) is 0.714. The summed E-state index contributed by atoms with van der Waals surface area (Å²) in [6, 6.07) is 0. The number of nitrogens with one attached hydrogen (secondary N) is 1. The van der Waals surface area contributed by atoms with Crippen LogP contribution in [0, 0.1) is 0 Å². The van der Waals surface area contributed by atoms with E-state index in [2.05, 4.69) is 0 Å². The molecule has 0 bridgehead atoms. The third-order valence-electron chi connectivity index (χ3n) is 1.07. The van der Waals surface area contributed by atoms with Crippen molar-refractivity contribution in [3.8, 4) is 0 Å². The quantitative estimate of drug-likeness (QED) is 0.524. The van der Waals surface area contributed by atoms with Crippen LogP contribution in [-0.4, -0.2) is 25.3 Å². The second-order valence-electron chi connectivity index (χ2n) is 2.41. The fourth-order valence-corrected chi connectivity index (χ4v) is 0.440. The van der Waals surface area contributed by atoms with Crippen molar-refractivity contribution in [3.63, 3.8) is 0 Å². The maximum atomic E-state index is 9.01. The van der Waals surface area contributed by atoms with E-state index in [1.54, 1.807) is 0 Å². The predicted octanol–water partition coefficient (Wildman–Crippen LogP) is -0.584. The van der Waals surface area contributed by atoms with Gasteiger partial charge in [-0.2, -0.15) is 0 Å². The van der Waals surface area contributed by atoms with Crippen LogP contribution in [0.1, 0.15) is 13.3 Å². The smallest absolute Gasteiger partial charge is 0.0923 e. The van der Waals surface area contributed by atoms with Crippen LogP contribution in [0.5, 0.6) is 0 Å². The molecule has 9 heavy (non-hydrogen) atoms. The van der Waals surface area contributed by atoms with Crippen molar-refractivity contribution in [1.29, 1.82) is 0 Å². The lowest BCUT2D eigenvalue weighted by atomic mass is 10.3. The second kappa shape index (κ2) is 4.53. The molecule has 0 aliphatic rings. The van der Waals surface area contributed by atoms with Gasteiger partial charge in [0.1, 0.15) is 0 Å². The van der Waals surface area contributed by atoms with Gasteiger partial charge in [-0.1, -0.05) is 6.92 Å². The van der Waals surface area contributed by atoms with Gasteiger partial charge in [0.05, 0.1) is 26.4 Å². The lowest BCUT2D eigenvalue weighted by Crippen LogP contribution is -3.00. The van der Waals surface area contributed by atoms with Crippen molar-refractivity contribution >= 4 is 0 Å². The zero-order valence-corrected chi connectivity index (χ0v) is 6.39. The number of rotatable bonds is 3. The first-order valence-corrected chi connectivity index (χ1v) is 3.33. The molecule has 0 saturated heterocycles. The average Bonchev–Trinajstić information content (AvgIpc) is 1.83. The first-order valence-electron chi connectivity index (χ1n) is 3.33. The van der Waals surface area contributed by atoms with Crippen LogP contribution in [0.25, 0.3) is 0 Å². The van der Waals surface area contributed by atoms with Crippen molar-refractivity contribution in [2.45, 2.75) is 19.4 Å². The van der Waals surface area contributed by atoms with E-state index in [0.717, 1.165) is 6.42 Å². The molecule has 2 nitrogen and oxygen atoms in total. The van der Waals surface area contributed by atoms with Crippen molar-refractivity contribution in [2.75, 3.05) is 14.1 Å². The Balaban J connectivity index is 3.43. The van der Waals surface area contributed by atoms with Crippen molar-refractivity contribution < 1.29 is 10.0 Å². The molecule has 2 heteroatoms. The van der Waals surface area contributed by atoms with Gasteiger partial charge in [0.15, 0.2) is 0 Å². The SMILES string of the molecule is CCC(O)C=C[NH+](C)C. The number of aliphatic hydroxyl groups excluding tert-OH is 1. The Morgan fingerprint density at radius 3 is 2.44 bits per heavy atom. The molecular formula is C7H16NO+. The van der Waals surface area contributed by atoms with E-state index >= 15 is 0 Å². The Morgan fingerprint density at radius 2 is 2.11 bits per heavy atom. The minimum absolute atomic E-state index is 0.264. The van der Waals surface area contributed by atoms with Crippen molar-refractivity contribution in [1.82, 2.24) is 0 Å². The minimum atomic E-state index is -0.264. The average molecular weight is 130 g/mol. The van der Waals surface area contributed by atoms with Crippen LogP contribution in [0.4, 0.5) is 0 Å². The summed E-state index contributed by atoms with van der Waals surface area (Å²) >= 11 is 0. The Bertz CT molecular complexity index is 88.9. The van der Waals surface area contributed by atoms with E-state index in [1.807, 2.05) is 33.3 Å². The molecule has 0 spiro atoms. The largest absolute Gasteiger partial charge is 0.389 e. The van der Waals surface area contributed by atoms with Crippen LogP contribution < -0.4 is 4.90 Å². The molecular weight excluding hydrogens is 114 g/mol. The molecule has 0 aliphatic heterocycles. The number of quaternary nitrogens is 1. The molecule has 0 rings (SSSR count). The lowest BCUT2D eigenvalue weighted by molar-refractivity contribution is -0.801. The van der Waals surface area contributed by atoms with Crippen molar-refractivity contribution in [2.24, 2.45) is 0 Å². The highest BCUT2D eigenvalue weighted by atomic mass is 16.3. The van der Waals surface area contributed by atoms with E-state index in [4.69, 9.17) is 5.11 Å². The Labute approximate surface area is 56.8 Å². The molecule has 0 aromatic heterocycles. The standard InChI is InChI=1S/C7H15NO/c1-4-7(9)5-6-8(2)3/h5-7,9H,4H2,1-3H3/p+1. The molecule has 0 aromatic carbocycles. The first-order chi connectivity index (χ1) is 4.16. The van der Waals surface area contributed by atoms with Gasteiger partial charge < -0.3 is 10.0 Å². The monoisotopic (exact) mass is 130 g/mol.